The maximum Gasteiger partial charge on any atom is 0.417 e. The second kappa shape index (κ2) is 8.42. The van der Waals surface area contributed by atoms with Crippen molar-refractivity contribution in [3.63, 3.8) is 0 Å². The molecule has 30 heavy (non-hydrogen) atoms. The molecule has 1 aromatic carbocycles. The summed E-state index contributed by atoms with van der Waals surface area (Å²) >= 11 is 5.92. The topological polar surface area (TPSA) is 65.5 Å². The largest absolute Gasteiger partial charge is 0.417 e. The highest BCUT2D eigenvalue weighted by molar-refractivity contribution is 6.33. The summed E-state index contributed by atoms with van der Waals surface area (Å²) in [6, 6.07) is 2.78. The molecule has 0 unspecified atom stereocenters. The number of benzene rings is 1. The zero-order valence-electron chi connectivity index (χ0n) is 15.1. The normalized spacial score (nSPS) is 14.6. The van der Waals surface area contributed by atoms with E-state index in [-0.39, 0.29) is 37.0 Å². The lowest BCUT2D eigenvalue weighted by molar-refractivity contribution is -0.137. The highest BCUT2D eigenvalue weighted by atomic mass is 35.5. The van der Waals surface area contributed by atoms with Gasteiger partial charge in [-0.1, -0.05) is 17.7 Å². The van der Waals surface area contributed by atoms with Crippen LogP contribution in [0.4, 0.5) is 32.6 Å². The number of pyridine rings is 1. The van der Waals surface area contributed by atoms with E-state index in [0.29, 0.717) is 6.20 Å². The monoisotopic (exact) mass is 448 g/mol. The fraction of sp³-hybridized carbons (Fsp3) is 0.278. The van der Waals surface area contributed by atoms with Crippen molar-refractivity contribution in [3.05, 3.63) is 58.2 Å². The van der Waals surface area contributed by atoms with Crippen LogP contribution in [0.5, 0.6) is 0 Å². The molecule has 0 saturated carbocycles. The minimum atomic E-state index is -4.57. The fourth-order valence-corrected chi connectivity index (χ4v) is 3.18. The predicted octanol–water partition coefficient (Wildman–Crippen LogP) is 3.70. The zero-order chi connectivity index (χ0) is 22.1. The van der Waals surface area contributed by atoms with Crippen LogP contribution < -0.4 is 10.2 Å². The van der Waals surface area contributed by atoms with Crippen molar-refractivity contribution >= 4 is 29.4 Å². The third-order valence-electron chi connectivity index (χ3n) is 4.43. The molecule has 0 bridgehead atoms. The number of halogens is 6. The molecule has 12 heteroatoms. The summed E-state index contributed by atoms with van der Waals surface area (Å²) < 4.78 is 65.5. The number of aromatic nitrogens is 1. The van der Waals surface area contributed by atoms with Gasteiger partial charge in [0, 0.05) is 32.4 Å². The minimum absolute atomic E-state index is 0.0812. The van der Waals surface area contributed by atoms with E-state index in [4.69, 9.17) is 11.6 Å². The van der Waals surface area contributed by atoms with Crippen LogP contribution in [0.25, 0.3) is 0 Å². The molecular formula is C18H14ClF5N4O2. The molecule has 0 aliphatic carbocycles. The molecule has 0 atom stereocenters. The van der Waals surface area contributed by atoms with Gasteiger partial charge >= 0.3 is 12.2 Å². The van der Waals surface area contributed by atoms with E-state index in [1.807, 2.05) is 5.32 Å². The molecule has 3 amide bonds. The Hall–Kier alpha value is -2.95. The Morgan fingerprint density at radius 2 is 1.67 bits per heavy atom. The first-order valence-corrected chi connectivity index (χ1v) is 8.97. The number of amides is 3. The molecule has 2 heterocycles. The van der Waals surface area contributed by atoms with Crippen LogP contribution in [0.15, 0.2) is 30.5 Å². The van der Waals surface area contributed by atoms with Crippen LogP contribution >= 0.6 is 11.6 Å². The Bertz CT molecular complexity index is 957. The first-order chi connectivity index (χ1) is 14.1. The zero-order valence-corrected chi connectivity index (χ0v) is 15.9. The maximum atomic E-state index is 13.7. The molecule has 0 spiro atoms. The average molecular weight is 449 g/mol. The Morgan fingerprint density at radius 3 is 2.20 bits per heavy atom. The Labute approximate surface area is 172 Å². The van der Waals surface area contributed by atoms with Crippen molar-refractivity contribution in [2.45, 2.75) is 6.18 Å². The van der Waals surface area contributed by atoms with Crippen LogP contribution in [-0.2, 0) is 6.18 Å². The van der Waals surface area contributed by atoms with E-state index in [9.17, 15) is 31.5 Å². The molecule has 0 radical (unpaired) electrons. The van der Waals surface area contributed by atoms with E-state index in [1.54, 1.807) is 4.90 Å². The van der Waals surface area contributed by atoms with Gasteiger partial charge in [-0.05, 0) is 18.2 Å². The van der Waals surface area contributed by atoms with Crippen molar-refractivity contribution in [3.8, 4) is 0 Å². The van der Waals surface area contributed by atoms with Crippen molar-refractivity contribution < 1.29 is 31.5 Å². The summed E-state index contributed by atoms with van der Waals surface area (Å²) in [6.07, 6.45) is -3.90. The standard InChI is InChI=1S/C18H14ClF5N4O2/c19-11-8-10(18(22,23)24)9-25-15(11)27-4-6-28(7-5-27)17(30)26-16(29)14-12(20)2-1-3-13(14)21/h1-3,8-9H,4-7H2,(H,26,29,30). The van der Waals surface area contributed by atoms with Crippen LogP contribution in [0.3, 0.4) is 0 Å². The number of carbonyl (C=O) groups is 2. The number of hydrogen-bond acceptors (Lipinski definition) is 4. The molecule has 6 nitrogen and oxygen atoms in total. The van der Waals surface area contributed by atoms with E-state index in [2.05, 4.69) is 4.98 Å². The highest BCUT2D eigenvalue weighted by Crippen LogP contribution is 2.33. The lowest BCUT2D eigenvalue weighted by Crippen LogP contribution is -2.53. The van der Waals surface area contributed by atoms with Gasteiger partial charge in [0.15, 0.2) is 0 Å². The van der Waals surface area contributed by atoms with Crippen LogP contribution in [0.2, 0.25) is 5.02 Å². The second-order valence-electron chi connectivity index (χ2n) is 6.36. The lowest BCUT2D eigenvalue weighted by atomic mass is 10.2. The molecule has 1 aromatic heterocycles. The van der Waals surface area contributed by atoms with Crippen LogP contribution in [0, 0.1) is 11.6 Å². The molecule has 1 N–H and O–H groups in total. The van der Waals surface area contributed by atoms with E-state index in [0.717, 1.165) is 24.3 Å². The number of alkyl halides is 3. The van der Waals surface area contributed by atoms with E-state index in [1.165, 1.54) is 4.90 Å². The van der Waals surface area contributed by atoms with Crippen molar-refractivity contribution in [1.29, 1.82) is 0 Å². The van der Waals surface area contributed by atoms with Gasteiger partial charge < -0.3 is 9.80 Å². The number of hydrogen-bond donors (Lipinski definition) is 1. The van der Waals surface area contributed by atoms with Crippen LogP contribution in [0.1, 0.15) is 15.9 Å². The molecule has 1 saturated heterocycles. The smallest absolute Gasteiger partial charge is 0.352 e. The number of nitrogens with one attached hydrogen (secondary N) is 1. The van der Waals surface area contributed by atoms with Gasteiger partial charge in [-0.15, -0.1) is 0 Å². The highest BCUT2D eigenvalue weighted by Gasteiger charge is 2.32. The summed E-state index contributed by atoms with van der Waals surface area (Å²) in [5.41, 5.74) is -1.85. The molecule has 1 aliphatic rings. The first kappa shape index (κ1) is 21.8. The summed E-state index contributed by atoms with van der Waals surface area (Å²) in [5, 5.41) is 1.73. The molecule has 160 valence electrons. The molecule has 1 aliphatic heterocycles. The minimum Gasteiger partial charge on any atom is -0.352 e. The summed E-state index contributed by atoms with van der Waals surface area (Å²) in [6.45, 7) is 0.511. The summed E-state index contributed by atoms with van der Waals surface area (Å²) in [5.74, 6) is -3.29. The number of rotatable bonds is 2. The van der Waals surface area contributed by atoms with Gasteiger partial charge in [0.05, 0.1) is 10.6 Å². The Kier molecular flexibility index (Phi) is 6.11. The molecule has 1 fully saturated rings. The number of urea groups is 1. The van der Waals surface area contributed by atoms with Crippen LogP contribution in [-0.4, -0.2) is 48.0 Å². The van der Waals surface area contributed by atoms with Gasteiger partial charge in [0.2, 0.25) is 0 Å². The number of carbonyl (C=O) groups excluding carboxylic acids is 2. The lowest BCUT2D eigenvalue weighted by Gasteiger charge is -2.35. The average Bonchev–Trinajstić information content (AvgIpc) is 2.67. The van der Waals surface area contributed by atoms with Gasteiger partial charge in [-0.3, -0.25) is 10.1 Å². The quantitative estimate of drug-likeness (QED) is 0.711. The van der Waals surface area contributed by atoms with Crippen molar-refractivity contribution in [2.24, 2.45) is 0 Å². The van der Waals surface area contributed by atoms with Gasteiger partial charge in [-0.25, -0.2) is 18.6 Å². The van der Waals surface area contributed by atoms with E-state index < -0.39 is 40.9 Å². The van der Waals surface area contributed by atoms with Crippen molar-refractivity contribution in [2.75, 3.05) is 31.1 Å². The van der Waals surface area contributed by atoms with Gasteiger partial charge in [0.1, 0.15) is 23.0 Å². The maximum absolute atomic E-state index is 13.7. The van der Waals surface area contributed by atoms with Gasteiger partial charge in [-0.2, -0.15) is 13.2 Å². The Balaban J connectivity index is 1.62. The SMILES string of the molecule is O=C(NC(=O)N1CCN(c2ncc(C(F)(F)F)cc2Cl)CC1)c1c(F)cccc1F. The fourth-order valence-electron chi connectivity index (χ4n) is 2.89. The van der Waals surface area contributed by atoms with Crippen molar-refractivity contribution in [1.82, 2.24) is 15.2 Å². The number of imide groups is 1. The second-order valence-corrected chi connectivity index (χ2v) is 6.76. The summed E-state index contributed by atoms with van der Waals surface area (Å²) in [4.78, 5) is 30.8. The van der Waals surface area contributed by atoms with E-state index >= 15 is 0 Å². The third kappa shape index (κ3) is 4.61. The molecule has 2 aromatic rings. The first-order valence-electron chi connectivity index (χ1n) is 8.60. The Morgan fingerprint density at radius 1 is 1.07 bits per heavy atom. The summed E-state index contributed by atoms with van der Waals surface area (Å²) in [7, 11) is 0. The number of nitrogens with zero attached hydrogens (tertiary/aromatic N) is 3. The number of anilines is 1. The molecule has 3 rings (SSSR count). The third-order valence-corrected chi connectivity index (χ3v) is 4.70. The predicted molar refractivity (Wildman–Crippen MR) is 97.3 cm³/mol. The molecular weight excluding hydrogens is 435 g/mol. The van der Waals surface area contributed by atoms with Gasteiger partial charge in [0.25, 0.3) is 5.91 Å². The number of piperazine rings is 1.